The maximum Gasteiger partial charge on any atom is 0.321 e. The summed E-state index contributed by atoms with van der Waals surface area (Å²) in [5.41, 5.74) is 0. The van der Waals surface area contributed by atoms with Crippen LogP contribution in [0.3, 0.4) is 0 Å². The molecule has 7 heteroatoms. The van der Waals surface area contributed by atoms with Gasteiger partial charge in [-0.1, -0.05) is 20.8 Å². The van der Waals surface area contributed by atoms with Crippen molar-refractivity contribution in [1.29, 1.82) is 0 Å². The zero-order valence-corrected chi connectivity index (χ0v) is 12.2. The van der Waals surface area contributed by atoms with Gasteiger partial charge in [-0.05, 0) is 18.8 Å². The fourth-order valence-electron chi connectivity index (χ4n) is 1.53. The normalized spacial score (nSPS) is 15.6. The molecule has 0 saturated carbocycles. The molecule has 108 valence electrons. The van der Waals surface area contributed by atoms with Gasteiger partial charge in [-0.3, -0.25) is 4.79 Å². The summed E-state index contributed by atoms with van der Waals surface area (Å²) in [5, 5.41) is 8.98. The van der Waals surface area contributed by atoms with Crippen molar-refractivity contribution in [2.75, 3.05) is 12.9 Å². The van der Waals surface area contributed by atoms with Gasteiger partial charge in [0.2, 0.25) is 10.0 Å². The van der Waals surface area contributed by atoms with Crippen LogP contribution < -0.4 is 4.72 Å². The molecule has 0 fully saturated rings. The Labute approximate surface area is 109 Å². The first-order valence-electron chi connectivity index (χ1n) is 5.97. The average Bonchev–Trinajstić information content (AvgIpc) is 2.23. The summed E-state index contributed by atoms with van der Waals surface area (Å²) < 4.78 is 30.8. The van der Waals surface area contributed by atoms with Crippen molar-refractivity contribution in [1.82, 2.24) is 4.72 Å². The SMILES string of the molecule is CCC(CS(=O)(=O)NC(CC(C)C)C(=O)O)OC. The fraction of sp³-hybridized carbons (Fsp3) is 0.909. The van der Waals surface area contributed by atoms with Gasteiger partial charge >= 0.3 is 5.97 Å². The van der Waals surface area contributed by atoms with Gasteiger partial charge in [0.05, 0.1) is 11.9 Å². The third-order valence-electron chi connectivity index (χ3n) is 2.52. The van der Waals surface area contributed by atoms with Crippen molar-refractivity contribution in [3.63, 3.8) is 0 Å². The highest BCUT2D eigenvalue weighted by Crippen LogP contribution is 2.08. The lowest BCUT2D eigenvalue weighted by Gasteiger charge is -2.19. The lowest BCUT2D eigenvalue weighted by atomic mass is 10.1. The number of sulfonamides is 1. The number of nitrogens with one attached hydrogen (secondary N) is 1. The highest BCUT2D eigenvalue weighted by atomic mass is 32.2. The number of methoxy groups -OCH3 is 1. The molecule has 0 radical (unpaired) electrons. The fourth-order valence-corrected chi connectivity index (χ4v) is 3.12. The van der Waals surface area contributed by atoms with E-state index in [-0.39, 0.29) is 18.1 Å². The number of hydrogen-bond acceptors (Lipinski definition) is 4. The average molecular weight is 281 g/mol. The van der Waals surface area contributed by atoms with Crippen molar-refractivity contribution in [2.45, 2.75) is 45.8 Å². The zero-order valence-electron chi connectivity index (χ0n) is 11.3. The lowest BCUT2D eigenvalue weighted by molar-refractivity contribution is -0.139. The summed E-state index contributed by atoms with van der Waals surface area (Å²) >= 11 is 0. The van der Waals surface area contributed by atoms with E-state index in [4.69, 9.17) is 9.84 Å². The number of ether oxygens (including phenoxy) is 1. The van der Waals surface area contributed by atoms with E-state index < -0.39 is 28.1 Å². The molecular weight excluding hydrogens is 258 g/mol. The standard InChI is InChI=1S/C11H23NO5S/c1-5-9(17-4)7-18(15,16)12-10(11(13)14)6-8(2)3/h8-10,12H,5-7H2,1-4H3,(H,13,14). The van der Waals surface area contributed by atoms with E-state index >= 15 is 0 Å². The molecule has 0 saturated heterocycles. The van der Waals surface area contributed by atoms with Crippen LogP contribution in [0.2, 0.25) is 0 Å². The highest BCUT2D eigenvalue weighted by Gasteiger charge is 2.26. The molecule has 0 aliphatic heterocycles. The number of hydrogen-bond donors (Lipinski definition) is 2. The Kier molecular flexibility index (Phi) is 7.42. The van der Waals surface area contributed by atoms with Crippen LogP contribution in [0, 0.1) is 5.92 Å². The van der Waals surface area contributed by atoms with Gasteiger partial charge in [0.25, 0.3) is 0 Å². The Morgan fingerprint density at radius 3 is 2.28 bits per heavy atom. The van der Waals surface area contributed by atoms with Gasteiger partial charge in [0.1, 0.15) is 6.04 Å². The molecule has 2 N–H and O–H groups in total. The van der Waals surface area contributed by atoms with E-state index in [0.29, 0.717) is 6.42 Å². The van der Waals surface area contributed by atoms with Crippen LogP contribution in [-0.4, -0.2) is 44.5 Å². The summed E-state index contributed by atoms with van der Waals surface area (Å²) in [6.45, 7) is 5.50. The number of carbonyl (C=O) groups is 1. The molecule has 2 atom stereocenters. The van der Waals surface area contributed by atoms with Gasteiger partial charge < -0.3 is 9.84 Å². The smallest absolute Gasteiger partial charge is 0.321 e. The topological polar surface area (TPSA) is 92.7 Å². The van der Waals surface area contributed by atoms with Crippen LogP contribution in [0.4, 0.5) is 0 Å². The predicted octanol–water partition coefficient (Wildman–Crippen LogP) is 0.830. The zero-order chi connectivity index (χ0) is 14.3. The Morgan fingerprint density at radius 1 is 1.39 bits per heavy atom. The predicted molar refractivity (Wildman–Crippen MR) is 68.9 cm³/mol. The maximum atomic E-state index is 11.8. The molecular formula is C11H23NO5S. The molecule has 0 amide bonds. The van der Waals surface area contributed by atoms with Crippen LogP contribution >= 0.6 is 0 Å². The number of rotatable bonds is 9. The molecule has 6 nitrogen and oxygen atoms in total. The summed E-state index contributed by atoms with van der Waals surface area (Å²) in [6, 6.07) is -1.08. The van der Waals surface area contributed by atoms with Crippen molar-refractivity contribution in [3.05, 3.63) is 0 Å². The van der Waals surface area contributed by atoms with Crippen LogP contribution in [-0.2, 0) is 19.6 Å². The van der Waals surface area contributed by atoms with Crippen molar-refractivity contribution in [2.24, 2.45) is 5.92 Å². The highest BCUT2D eigenvalue weighted by molar-refractivity contribution is 7.89. The Hall–Kier alpha value is -0.660. The third kappa shape index (κ3) is 6.93. The summed E-state index contributed by atoms with van der Waals surface area (Å²) in [7, 11) is -2.21. The quantitative estimate of drug-likeness (QED) is 0.653. The van der Waals surface area contributed by atoms with Gasteiger partial charge in [-0.2, -0.15) is 0 Å². The van der Waals surface area contributed by atoms with Crippen LogP contribution in [0.15, 0.2) is 0 Å². The van der Waals surface area contributed by atoms with Crippen LogP contribution in [0.5, 0.6) is 0 Å². The summed E-state index contributed by atoms with van der Waals surface area (Å²) in [5.74, 6) is -1.28. The second-order valence-corrected chi connectivity index (χ2v) is 6.48. The van der Waals surface area contributed by atoms with E-state index in [1.54, 1.807) is 0 Å². The van der Waals surface area contributed by atoms with Crippen LogP contribution in [0.1, 0.15) is 33.6 Å². The Balaban J connectivity index is 4.65. The molecule has 0 rings (SSSR count). The van der Waals surface area contributed by atoms with E-state index in [9.17, 15) is 13.2 Å². The number of carboxylic acids is 1. The molecule has 0 aliphatic rings. The number of aliphatic carboxylic acids is 1. The van der Waals surface area contributed by atoms with Gasteiger partial charge in [0, 0.05) is 7.11 Å². The third-order valence-corrected chi connectivity index (χ3v) is 3.98. The number of carboxylic acid groups (broad SMARTS) is 1. The molecule has 0 aromatic heterocycles. The Morgan fingerprint density at radius 2 is 1.94 bits per heavy atom. The monoisotopic (exact) mass is 281 g/mol. The largest absolute Gasteiger partial charge is 0.480 e. The van der Waals surface area contributed by atoms with Gasteiger partial charge in [-0.15, -0.1) is 0 Å². The Bertz CT molecular complexity index is 348. The van der Waals surface area contributed by atoms with E-state index in [1.807, 2.05) is 20.8 Å². The minimum atomic E-state index is -3.65. The maximum absolute atomic E-state index is 11.8. The molecule has 0 spiro atoms. The second-order valence-electron chi connectivity index (χ2n) is 4.69. The van der Waals surface area contributed by atoms with Crippen molar-refractivity contribution >= 4 is 16.0 Å². The lowest BCUT2D eigenvalue weighted by Crippen LogP contribution is -2.44. The van der Waals surface area contributed by atoms with Gasteiger partial charge in [-0.25, -0.2) is 13.1 Å². The molecule has 2 unspecified atom stereocenters. The first kappa shape index (κ1) is 17.3. The van der Waals surface area contributed by atoms with Crippen molar-refractivity contribution < 1.29 is 23.1 Å². The molecule has 0 heterocycles. The molecule has 18 heavy (non-hydrogen) atoms. The molecule has 0 aromatic carbocycles. The second kappa shape index (κ2) is 7.70. The summed E-state index contributed by atoms with van der Waals surface area (Å²) in [4.78, 5) is 11.0. The van der Waals surface area contributed by atoms with E-state index in [2.05, 4.69) is 4.72 Å². The van der Waals surface area contributed by atoms with Crippen molar-refractivity contribution in [3.8, 4) is 0 Å². The molecule has 0 bridgehead atoms. The molecule has 0 aromatic rings. The minimum Gasteiger partial charge on any atom is -0.480 e. The van der Waals surface area contributed by atoms with Gasteiger partial charge in [0.15, 0.2) is 0 Å². The van der Waals surface area contributed by atoms with Crippen LogP contribution in [0.25, 0.3) is 0 Å². The minimum absolute atomic E-state index is 0.0956. The van der Waals surface area contributed by atoms with E-state index in [0.717, 1.165) is 0 Å². The molecule has 0 aliphatic carbocycles. The first-order valence-corrected chi connectivity index (χ1v) is 7.62. The summed E-state index contributed by atoms with van der Waals surface area (Å²) in [6.07, 6.45) is 0.397. The first-order chi connectivity index (χ1) is 8.21. The van der Waals surface area contributed by atoms with E-state index in [1.165, 1.54) is 7.11 Å².